The summed E-state index contributed by atoms with van der Waals surface area (Å²) in [4.78, 5) is 25.7. The molecule has 0 spiro atoms. The molecule has 2 rings (SSSR count). The van der Waals surface area contributed by atoms with Gasteiger partial charge in [0.05, 0.1) is 40.6 Å². The Hall–Kier alpha value is -2.45. The second kappa shape index (κ2) is 20.7. The first-order valence-electron chi connectivity index (χ1n) is 10.5. The van der Waals surface area contributed by atoms with Crippen LogP contribution >= 0.6 is 22.6 Å². The predicted octanol–water partition coefficient (Wildman–Crippen LogP) is 2.22. The fourth-order valence-corrected chi connectivity index (χ4v) is 2.79. The number of halogens is 1. The minimum Gasteiger partial charge on any atom is -0.468 e. The number of likely N-dealkylation sites (N-methyl/N-ethyl adjacent to an activating group) is 1. The van der Waals surface area contributed by atoms with Crippen LogP contribution in [0, 0.1) is 0 Å². The average Bonchev–Trinajstić information content (AvgIpc) is 2.92. The molecule has 204 valence electrons. The van der Waals surface area contributed by atoms with Crippen molar-refractivity contribution in [3.8, 4) is 0 Å². The molecule has 0 atom stereocenters. The molecule has 0 amide bonds. The number of benzene rings is 2. The van der Waals surface area contributed by atoms with E-state index < -0.39 is 0 Å². The van der Waals surface area contributed by atoms with Gasteiger partial charge in [-0.1, -0.05) is 42.2 Å². The van der Waals surface area contributed by atoms with Gasteiger partial charge in [0, 0.05) is 18.4 Å². The molecule has 0 radical (unpaired) electrons. The maximum absolute atomic E-state index is 11.1. The molecule has 0 saturated carbocycles. The number of aliphatic hydroxyl groups is 4. The Labute approximate surface area is 227 Å². The second-order valence-electron chi connectivity index (χ2n) is 7.04. The van der Waals surface area contributed by atoms with E-state index in [1.807, 2.05) is 4.93 Å². The van der Waals surface area contributed by atoms with Gasteiger partial charge in [0.15, 0.2) is 0 Å². The second-order valence-corrected chi connectivity index (χ2v) is 7.04. The highest BCUT2D eigenvalue weighted by Crippen LogP contribution is 2.19. The third-order valence-electron chi connectivity index (χ3n) is 4.52. The first kappa shape index (κ1) is 35.7. The summed E-state index contributed by atoms with van der Waals surface area (Å²) in [7, 11) is 4.39. The van der Waals surface area contributed by atoms with E-state index in [2.05, 4.69) is 37.4 Å². The van der Waals surface area contributed by atoms with Gasteiger partial charge in [0.25, 0.3) is 0 Å². The molecule has 0 aliphatic carbocycles. The average molecular weight is 622 g/mol. The van der Waals surface area contributed by atoms with Gasteiger partial charge in [0.2, 0.25) is 0 Å². The molecule has 0 heterocycles. The van der Waals surface area contributed by atoms with Crippen molar-refractivity contribution >= 4 is 45.9 Å². The molecule has 2 aromatic carbocycles. The van der Waals surface area contributed by atoms with Crippen LogP contribution in [-0.4, -0.2) is 71.7 Å². The van der Waals surface area contributed by atoms with Crippen LogP contribution in [-0.2, 0) is 45.5 Å². The van der Waals surface area contributed by atoms with Gasteiger partial charge >= 0.3 is 11.9 Å². The number of ether oxygens (including phenoxy) is 2. The third kappa shape index (κ3) is 13.6. The molecular formula is C25H39IN2O8. The molecule has 11 heteroatoms. The summed E-state index contributed by atoms with van der Waals surface area (Å²) >= 11 is 2.15. The Bertz CT molecular complexity index is 867. The van der Waals surface area contributed by atoms with E-state index in [9.17, 15) is 9.59 Å². The first-order chi connectivity index (χ1) is 16.8. The lowest BCUT2D eigenvalue weighted by atomic mass is 10.1. The number of anilines is 2. The Morgan fingerprint density at radius 2 is 1.17 bits per heavy atom. The van der Waals surface area contributed by atoms with Crippen LogP contribution in [0.4, 0.5) is 11.4 Å². The van der Waals surface area contributed by atoms with Crippen LogP contribution in [0.2, 0.25) is 0 Å². The van der Waals surface area contributed by atoms with Gasteiger partial charge in [-0.25, -0.2) is 0 Å². The number of alkyl halides is 1. The van der Waals surface area contributed by atoms with E-state index >= 15 is 0 Å². The van der Waals surface area contributed by atoms with Crippen molar-refractivity contribution in [3.63, 3.8) is 0 Å². The van der Waals surface area contributed by atoms with Crippen molar-refractivity contribution in [2.75, 3.05) is 49.5 Å². The van der Waals surface area contributed by atoms with Crippen molar-refractivity contribution < 1.29 is 39.5 Å². The van der Waals surface area contributed by atoms with Gasteiger partial charge in [0.1, 0.15) is 13.1 Å². The van der Waals surface area contributed by atoms with Gasteiger partial charge in [-0.3, -0.25) is 9.59 Å². The Morgan fingerprint density at radius 1 is 0.778 bits per heavy atom. The maximum atomic E-state index is 11.1. The third-order valence-corrected chi connectivity index (χ3v) is 4.52. The number of nitrogens with zero attached hydrogens (tertiary/aromatic N) is 1. The fraction of sp³-hybridized carbons (Fsp3) is 0.440. The van der Waals surface area contributed by atoms with E-state index in [0.717, 1.165) is 5.69 Å². The lowest BCUT2D eigenvalue weighted by Gasteiger charge is -2.19. The van der Waals surface area contributed by atoms with Crippen LogP contribution in [0.15, 0.2) is 36.4 Å². The molecule has 0 fully saturated rings. The monoisotopic (exact) mass is 622 g/mol. The zero-order chi connectivity index (χ0) is 26.8. The van der Waals surface area contributed by atoms with Crippen molar-refractivity contribution in [3.05, 3.63) is 58.7 Å². The van der Waals surface area contributed by atoms with Gasteiger partial charge < -0.3 is 40.1 Å². The smallest absolute Gasteiger partial charge is 0.325 e. The summed E-state index contributed by atoms with van der Waals surface area (Å²) in [6, 6.07) is 10.4. The zero-order valence-electron chi connectivity index (χ0n) is 20.5. The summed E-state index contributed by atoms with van der Waals surface area (Å²) in [5, 5.41) is 39.1. The summed E-state index contributed by atoms with van der Waals surface area (Å²) in [6.07, 6.45) is 0. The Morgan fingerprint density at radius 3 is 1.53 bits per heavy atom. The summed E-state index contributed by atoms with van der Waals surface area (Å²) in [6.45, 7) is -0.256. The molecule has 10 nitrogen and oxygen atoms in total. The summed E-state index contributed by atoms with van der Waals surface area (Å²) < 4.78 is 9.06. The molecule has 0 aromatic heterocycles. The number of aliphatic hydroxyl groups excluding tert-OH is 4. The molecule has 36 heavy (non-hydrogen) atoms. The standard InChI is InChI=1S/C12H17NO4.C11H15NO4.CH3I.CH4/c1-13(6-12(16)17-2)11-4-9(7-14)3-10(5-11)8-15;1-16-11(15)5-12-10-3-8(6-13)2-9(4-10)7-14;1-2;/h3-5,14-15H,6-8H2,1-2H3;2-4,12-14H,5-7H2,1H3;1H3;1H4. The van der Waals surface area contributed by atoms with Crippen molar-refractivity contribution in [1.82, 2.24) is 0 Å². The number of methoxy groups -OCH3 is 2. The predicted molar refractivity (Wildman–Crippen MR) is 149 cm³/mol. The lowest BCUT2D eigenvalue weighted by Crippen LogP contribution is -2.26. The van der Waals surface area contributed by atoms with Crippen molar-refractivity contribution in [2.24, 2.45) is 0 Å². The minimum atomic E-state index is -0.375. The van der Waals surface area contributed by atoms with E-state index in [1.54, 1.807) is 48.3 Å². The molecule has 0 aliphatic rings. The quantitative estimate of drug-likeness (QED) is 0.152. The molecule has 2 aromatic rings. The van der Waals surface area contributed by atoms with Gasteiger partial charge in [-0.2, -0.15) is 0 Å². The number of hydrogen-bond acceptors (Lipinski definition) is 10. The molecule has 0 unspecified atom stereocenters. The molecule has 0 aliphatic heterocycles. The molecular weight excluding hydrogens is 583 g/mol. The van der Waals surface area contributed by atoms with E-state index in [0.29, 0.717) is 27.9 Å². The van der Waals surface area contributed by atoms with E-state index in [-0.39, 0.29) is 58.9 Å². The zero-order valence-corrected chi connectivity index (χ0v) is 22.6. The fourth-order valence-electron chi connectivity index (χ4n) is 2.79. The number of hydrogen-bond donors (Lipinski definition) is 5. The molecule has 5 N–H and O–H groups in total. The highest BCUT2D eigenvalue weighted by atomic mass is 127. The number of carbonyl (C=O) groups is 2. The number of esters is 2. The van der Waals surface area contributed by atoms with E-state index in [1.165, 1.54) is 14.2 Å². The van der Waals surface area contributed by atoms with Crippen LogP contribution in [0.1, 0.15) is 29.7 Å². The largest absolute Gasteiger partial charge is 0.468 e. The Kier molecular flexibility index (Phi) is 20.5. The molecule has 0 bridgehead atoms. The van der Waals surface area contributed by atoms with E-state index in [4.69, 9.17) is 20.4 Å². The minimum absolute atomic E-state index is 0. The highest BCUT2D eigenvalue weighted by Gasteiger charge is 2.09. The SMILES string of the molecule is C.CI.COC(=O)CN(C)c1cc(CO)cc(CO)c1.COC(=O)CNc1cc(CO)cc(CO)c1. The summed E-state index contributed by atoms with van der Waals surface area (Å²) in [5.74, 6) is -0.715. The van der Waals surface area contributed by atoms with Crippen LogP contribution in [0.25, 0.3) is 0 Å². The van der Waals surface area contributed by atoms with Crippen LogP contribution in [0.3, 0.4) is 0 Å². The number of carbonyl (C=O) groups excluding carboxylic acids is 2. The Balaban J connectivity index is 0. The molecule has 0 saturated heterocycles. The van der Waals surface area contributed by atoms with Crippen molar-refractivity contribution in [2.45, 2.75) is 33.9 Å². The normalized spacial score (nSPS) is 9.36. The van der Waals surface area contributed by atoms with Gasteiger partial charge in [-0.15, -0.1) is 0 Å². The maximum Gasteiger partial charge on any atom is 0.325 e. The summed E-state index contributed by atoms with van der Waals surface area (Å²) in [5.41, 5.74) is 4.18. The van der Waals surface area contributed by atoms with Gasteiger partial charge in [-0.05, 0) is 51.4 Å². The lowest BCUT2D eigenvalue weighted by molar-refractivity contribution is -0.139. The van der Waals surface area contributed by atoms with Crippen molar-refractivity contribution in [1.29, 1.82) is 0 Å². The van der Waals surface area contributed by atoms with Crippen LogP contribution < -0.4 is 10.2 Å². The number of rotatable bonds is 10. The number of nitrogens with one attached hydrogen (secondary N) is 1. The topological polar surface area (TPSA) is 149 Å². The highest BCUT2D eigenvalue weighted by molar-refractivity contribution is 14.1. The first-order valence-corrected chi connectivity index (χ1v) is 12.6. The van der Waals surface area contributed by atoms with Crippen LogP contribution in [0.5, 0.6) is 0 Å².